The second kappa shape index (κ2) is 6.27. The van der Waals surface area contributed by atoms with Crippen molar-refractivity contribution in [3.05, 3.63) is 60.4 Å². The second-order valence-electron chi connectivity index (χ2n) is 5.69. The predicted molar refractivity (Wildman–Crippen MR) is 80.7 cm³/mol. The van der Waals surface area contributed by atoms with Gasteiger partial charge in [0, 0.05) is 0 Å². The van der Waals surface area contributed by atoms with Crippen LogP contribution < -0.4 is 0 Å². The molecule has 110 valence electrons. The van der Waals surface area contributed by atoms with Gasteiger partial charge in [0.1, 0.15) is 6.29 Å². The molecule has 1 atom stereocenters. The van der Waals surface area contributed by atoms with Crippen molar-refractivity contribution in [3.8, 4) is 0 Å². The molecule has 21 heavy (non-hydrogen) atoms. The van der Waals surface area contributed by atoms with E-state index in [1.165, 1.54) is 0 Å². The minimum atomic E-state index is -0.343. The molecule has 0 bridgehead atoms. The molecule has 1 aromatic rings. The molecular weight excluding hydrogens is 264 g/mol. The average molecular weight is 284 g/mol. The number of allylic oxidation sites excluding steroid dienone is 2. The molecule has 3 nitrogen and oxygen atoms in total. The molecule has 0 spiro atoms. The summed E-state index contributed by atoms with van der Waals surface area (Å²) in [5, 5.41) is 0. The van der Waals surface area contributed by atoms with Crippen molar-refractivity contribution < 1.29 is 14.3 Å². The van der Waals surface area contributed by atoms with Gasteiger partial charge in [0.05, 0.1) is 17.8 Å². The highest BCUT2D eigenvalue weighted by atomic mass is 16.7. The third-order valence-electron chi connectivity index (χ3n) is 4.40. The number of aldehydes is 1. The fraction of sp³-hybridized carbons (Fsp3) is 0.389. The molecule has 1 aromatic carbocycles. The molecule has 0 saturated heterocycles. The summed E-state index contributed by atoms with van der Waals surface area (Å²) < 4.78 is 11.3. The van der Waals surface area contributed by atoms with Gasteiger partial charge in [-0.1, -0.05) is 36.4 Å². The van der Waals surface area contributed by atoms with Crippen LogP contribution in [-0.2, 0) is 19.7 Å². The van der Waals surface area contributed by atoms with E-state index in [1.54, 1.807) is 6.26 Å². The zero-order valence-corrected chi connectivity index (χ0v) is 12.0. The van der Waals surface area contributed by atoms with E-state index in [0.717, 1.165) is 37.5 Å². The Labute approximate surface area is 125 Å². The molecule has 1 saturated carbocycles. The molecule has 0 N–H and O–H groups in total. The Morgan fingerprint density at radius 3 is 2.52 bits per heavy atom. The summed E-state index contributed by atoms with van der Waals surface area (Å²) in [4.78, 5) is 11.7. The Kier molecular flexibility index (Phi) is 4.20. The summed E-state index contributed by atoms with van der Waals surface area (Å²) in [7, 11) is 0. The van der Waals surface area contributed by atoms with Crippen LogP contribution in [-0.4, -0.2) is 18.7 Å². The summed E-state index contributed by atoms with van der Waals surface area (Å²) in [5.74, 6) is 0. The van der Waals surface area contributed by atoms with Gasteiger partial charge in [-0.25, -0.2) is 0 Å². The Hall–Kier alpha value is -1.87. The van der Waals surface area contributed by atoms with E-state index in [0.29, 0.717) is 0 Å². The quantitative estimate of drug-likeness (QED) is 0.794. The largest absolute Gasteiger partial charge is 0.469 e. The van der Waals surface area contributed by atoms with Gasteiger partial charge >= 0.3 is 0 Å². The summed E-state index contributed by atoms with van der Waals surface area (Å²) in [6, 6.07) is 10.1. The van der Waals surface area contributed by atoms with E-state index in [2.05, 4.69) is 0 Å². The van der Waals surface area contributed by atoms with Crippen molar-refractivity contribution in [3.63, 3.8) is 0 Å². The number of hydrogen-bond acceptors (Lipinski definition) is 3. The normalized spacial score (nSPS) is 31.6. The molecule has 3 heteroatoms. The zero-order chi connectivity index (χ0) is 14.5. The standard InChI is InChI=1S/C18H20O3/c19-14-18(15-6-2-1-3-7-15)11-9-16(10-12-18)21-17-8-4-5-13-20-17/h1-8,13-14,16-17H,9-12H2. The zero-order valence-electron chi connectivity index (χ0n) is 12.0. The van der Waals surface area contributed by atoms with Gasteiger partial charge in [-0.05, 0) is 43.4 Å². The van der Waals surface area contributed by atoms with Crippen molar-refractivity contribution in [2.45, 2.75) is 43.5 Å². The van der Waals surface area contributed by atoms with E-state index in [-0.39, 0.29) is 17.8 Å². The first-order valence-electron chi connectivity index (χ1n) is 7.48. The van der Waals surface area contributed by atoms with Crippen molar-refractivity contribution >= 4 is 6.29 Å². The molecule has 0 radical (unpaired) electrons. The first-order chi connectivity index (χ1) is 10.3. The van der Waals surface area contributed by atoms with Crippen LogP contribution in [0.4, 0.5) is 0 Å². The predicted octanol–water partition coefficient (Wildman–Crippen LogP) is 3.51. The summed E-state index contributed by atoms with van der Waals surface area (Å²) in [6.07, 6.45) is 11.7. The molecule has 3 rings (SSSR count). The molecule has 1 fully saturated rings. The summed E-state index contributed by atoms with van der Waals surface area (Å²) >= 11 is 0. The second-order valence-corrected chi connectivity index (χ2v) is 5.69. The third kappa shape index (κ3) is 3.08. The monoisotopic (exact) mass is 284 g/mol. The van der Waals surface area contributed by atoms with Gasteiger partial charge in [0.25, 0.3) is 0 Å². The Morgan fingerprint density at radius 1 is 1.14 bits per heavy atom. The first kappa shape index (κ1) is 14.1. The van der Waals surface area contributed by atoms with Crippen molar-refractivity contribution in [1.82, 2.24) is 0 Å². The van der Waals surface area contributed by atoms with Gasteiger partial charge in [-0.3, -0.25) is 0 Å². The highest BCUT2D eigenvalue weighted by molar-refractivity contribution is 5.68. The number of carbonyl (C=O) groups excluding carboxylic acids is 1. The third-order valence-corrected chi connectivity index (χ3v) is 4.40. The lowest BCUT2D eigenvalue weighted by atomic mass is 9.70. The van der Waals surface area contributed by atoms with Crippen LogP contribution in [0.2, 0.25) is 0 Å². The van der Waals surface area contributed by atoms with E-state index in [4.69, 9.17) is 9.47 Å². The minimum absolute atomic E-state index is 0.155. The molecule has 0 amide bonds. The van der Waals surface area contributed by atoms with Gasteiger partial charge in [0.2, 0.25) is 6.29 Å². The van der Waals surface area contributed by atoms with Crippen LogP contribution >= 0.6 is 0 Å². The first-order valence-corrected chi connectivity index (χ1v) is 7.48. The topological polar surface area (TPSA) is 35.5 Å². The summed E-state index contributed by atoms with van der Waals surface area (Å²) in [5.41, 5.74) is 0.778. The molecular formula is C18H20O3. The van der Waals surface area contributed by atoms with Gasteiger partial charge in [0.15, 0.2) is 0 Å². The van der Waals surface area contributed by atoms with Crippen molar-refractivity contribution in [2.75, 3.05) is 0 Å². The smallest absolute Gasteiger partial charge is 0.219 e. The van der Waals surface area contributed by atoms with Crippen LogP contribution in [0.3, 0.4) is 0 Å². The molecule has 1 aliphatic heterocycles. The van der Waals surface area contributed by atoms with E-state index >= 15 is 0 Å². The van der Waals surface area contributed by atoms with Gasteiger partial charge in [-0.15, -0.1) is 0 Å². The molecule has 1 unspecified atom stereocenters. The maximum absolute atomic E-state index is 11.7. The lowest BCUT2D eigenvalue weighted by Crippen LogP contribution is -2.37. The van der Waals surface area contributed by atoms with Crippen LogP contribution in [0.5, 0.6) is 0 Å². The fourth-order valence-corrected chi connectivity index (χ4v) is 3.12. The fourth-order valence-electron chi connectivity index (χ4n) is 3.12. The van der Waals surface area contributed by atoms with E-state index in [9.17, 15) is 4.79 Å². The molecule has 2 aliphatic rings. The number of rotatable bonds is 4. The van der Waals surface area contributed by atoms with Gasteiger partial charge < -0.3 is 14.3 Å². The molecule has 1 heterocycles. The number of benzene rings is 1. The average Bonchev–Trinajstić information content (AvgIpc) is 2.58. The maximum atomic E-state index is 11.7. The highest BCUT2D eigenvalue weighted by Gasteiger charge is 2.37. The van der Waals surface area contributed by atoms with Crippen molar-refractivity contribution in [1.29, 1.82) is 0 Å². The van der Waals surface area contributed by atoms with Crippen molar-refractivity contribution in [2.24, 2.45) is 0 Å². The molecule has 0 aromatic heterocycles. The highest BCUT2D eigenvalue weighted by Crippen LogP contribution is 2.39. The Bertz CT molecular complexity index is 525. The number of carbonyl (C=O) groups is 1. The Balaban J connectivity index is 1.62. The lowest BCUT2D eigenvalue weighted by molar-refractivity contribution is -0.130. The number of hydrogen-bond donors (Lipinski definition) is 0. The van der Waals surface area contributed by atoms with Crippen LogP contribution in [0.1, 0.15) is 31.2 Å². The lowest BCUT2D eigenvalue weighted by Gasteiger charge is -2.37. The van der Waals surface area contributed by atoms with E-state index < -0.39 is 0 Å². The minimum Gasteiger partial charge on any atom is -0.469 e. The SMILES string of the molecule is O=CC1(c2ccccc2)CCC(OC2C=CC=CO2)CC1. The van der Waals surface area contributed by atoms with E-state index in [1.807, 2.05) is 48.6 Å². The summed E-state index contributed by atoms with van der Waals surface area (Å²) in [6.45, 7) is 0. The van der Waals surface area contributed by atoms with Crippen LogP contribution in [0, 0.1) is 0 Å². The molecule has 1 aliphatic carbocycles. The van der Waals surface area contributed by atoms with Gasteiger partial charge in [-0.2, -0.15) is 0 Å². The number of ether oxygens (including phenoxy) is 2. The van der Waals surface area contributed by atoms with Crippen LogP contribution in [0.25, 0.3) is 0 Å². The maximum Gasteiger partial charge on any atom is 0.219 e. The Morgan fingerprint density at radius 2 is 1.90 bits per heavy atom. The van der Waals surface area contributed by atoms with Crippen LogP contribution in [0.15, 0.2) is 54.8 Å².